The highest BCUT2D eigenvalue weighted by atomic mass is 35.5. The van der Waals surface area contributed by atoms with Crippen LogP contribution in [-0.2, 0) is 14.4 Å². The molecule has 1 rings (SSSR count). The van der Waals surface area contributed by atoms with Gasteiger partial charge >= 0.3 is 5.97 Å². The molecule has 0 aliphatic rings. The van der Waals surface area contributed by atoms with E-state index in [2.05, 4.69) is 5.32 Å². The topological polar surface area (TPSA) is 95.9 Å². The van der Waals surface area contributed by atoms with Crippen LogP contribution in [0.3, 0.4) is 0 Å². The third-order valence-electron chi connectivity index (χ3n) is 3.57. The van der Waals surface area contributed by atoms with Gasteiger partial charge < -0.3 is 20.1 Å². The summed E-state index contributed by atoms with van der Waals surface area (Å²) < 4.78 is 5.62. The Kier molecular flexibility index (Phi) is 7.70. The van der Waals surface area contributed by atoms with Gasteiger partial charge in [0.25, 0.3) is 5.91 Å². The Labute approximate surface area is 151 Å². The van der Waals surface area contributed by atoms with E-state index in [0.717, 1.165) is 10.5 Å². The molecule has 0 aromatic heterocycles. The molecule has 138 valence electrons. The molecule has 0 saturated heterocycles. The van der Waals surface area contributed by atoms with Crippen molar-refractivity contribution < 1.29 is 24.2 Å². The van der Waals surface area contributed by atoms with Crippen molar-refractivity contribution in [2.24, 2.45) is 0 Å². The molecule has 0 aliphatic carbocycles. The summed E-state index contributed by atoms with van der Waals surface area (Å²) in [5, 5.41) is 12.1. The van der Waals surface area contributed by atoms with Crippen LogP contribution in [-0.4, -0.2) is 53.0 Å². The van der Waals surface area contributed by atoms with Crippen molar-refractivity contribution in [1.82, 2.24) is 10.2 Å². The molecular formula is C17H23ClN2O5. The molecule has 2 N–H and O–H groups in total. The van der Waals surface area contributed by atoms with Crippen molar-refractivity contribution in [3.05, 3.63) is 28.8 Å². The lowest BCUT2D eigenvalue weighted by atomic mass is 10.2. The van der Waals surface area contributed by atoms with Crippen LogP contribution >= 0.6 is 11.6 Å². The smallest absolute Gasteiger partial charge is 0.326 e. The van der Waals surface area contributed by atoms with Gasteiger partial charge in [-0.3, -0.25) is 9.59 Å². The van der Waals surface area contributed by atoms with Gasteiger partial charge in [0.15, 0.2) is 6.10 Å². The average molecular weight is 371 g/mol. The molecule has 0 saturated carbocycles. The number of hydrogen-bond donors (Lipinski definition) is 2. The highest BCUT2D eigenvalue weighted by molar-refractivity contribution is 6.32. The predicted octanol–water partition coefficient (Wildman–Crippen LogP) is 1.85. The summed E-state index contributed by atoms with van der Waals surface area (Å²) in [6.07, 6.45) is -0.932. The summed E-state index contributed by atoms with van der Waals surface area (Å²) >= 11 is 6.06. The van der Waals surface area contributed by atoms with E-state index in [9.17, 15) is 19.5 Å². The number of rotatable bonds is 8. The fourth-order valence-electron chi connectivity index (χ4n) is 2.16. The zero-order valence-electron chi connectivity index (χ0n) is 14.7. The zero-order chi connectivity index (χ0) is 19.1. The Morgan fingerprint density at radius 2 is 1.96 bits per heavy atom. The SMILES string of the molecule is CC(=O)NCCN(C(=O)C(C)Oc1cc(C)ccc1Cl)C(C)C(=O)O. The second-order valence-electron chi connectivity index (χ2n) is 5.72. The number of carboxylic acid groups (broad SMARTS) is 1. The van der Waals surface area contributed by atoms with E-state index in [4.69, 9.17) is 16.3 Å². The molecular weight excluding hydrogens is 348 g/mol. The number of halogens is 1. The maximum Gasteiger partial charge on any atom is 0.326 e. The largest absolute Gasteiger partial charge is 0.480 e. The molecule has 0 radical (unpaired) electrons. The molecule has 8 heteroatoms. The fourth-order valence-corrected chi connectivity index (χ4v) is 2.32. The lowest BCUT2D eigenvalue weighted by molar-refractivity contribution is -0.152. The van der Waals surface area contributed by atoms with Crippen LogP contribution < -0.4 is 10.1 Å². The quantitative estimate of drug-likeness (QED) is 0.728. The van der Waals surface area contributed by atoms with Crippen molar-refractivity contribution in [3.63, 3.8) is 0 Å². The number of carbonyl (C=O) groups is 3. The van der Waals surface area contributed by atoms with Crippen LogP contribution in [0.4, 0.5) is 0 Å². The highest BCUT2D eigenvalue weighted by Crippen LogP contribution is 2.26. The summed E-state index contributed by atoms with van der Waals surface area (Å²) in [5.74, 6) is -1.55. The van der Waals surface area contributed by atoms with E-state index in [1.54, 1.807) is 12.1 Å². The molecule has 0 spiro atoms. The van der Waals surface area contributed by atoms with Crippen molar-refractivity contribution in [2.45, 2.75) is 39.8 Å². The number of carbonyl (C=O) groups excluding carboxylic acids is 2. The Morgan fingerprint density at radius 3 is 2.52 bits per heavy atom. The Bertz CT molecular complexity index is 650. The highest BCUT2D eigenvalue weighted by Gasteiger charge is 2.30. The minimum absolute atomic E-state index is 0.0567. The Balaban J connectivity index is 2.88. The van der Waals surface area contributed by atoms with Gasteiger partial charge in [0.2, 0.25) is 5.91 Å². The molecule has 25 heavy (non-hydrogen) atoms. The zero-order valence-corrected chi connectivity index (χ0v) is 15.5. The van der Waals surface area contributed by atoms with Gasteiger partial charge in [-0.2, -0.15) is 0 Å². The predicted molar refractivity (Wildman–Crippen MR) is 93.8 cm³/mol. The Hall–Kier alpha value is -2.28. The second kappa shape index (κ2) is 9.27. The average Bonchev–Trinajstić information content (AvgIpc) is 2.53. The molecule has 0 bridgehead atoms. The maximum absolute atomic E-state index is 12.6. The monoisotopic (exact) mass is 370 g/mol. The van der Waals surface area contributed by atoms with Gasteiger partial charge in [-0.1, -0.05) is 17.7 Å². The number of aryl methyl sites for hydroxylation is 1. The summed E-state index contributed by atoms with van der Waals surface area (Å²) in [4.78, 5) is 36.1. The first-order valence-corrected chi connectivity index (χ1v) is 8.21. The lowest BCUT2D eigenvalue weighted by Gasteiger charge is -2.29. The molecule has 7 nitrogen and oxygen atoms in total. The molecule has 2 unspecified atom stereocenters. The number of carboxylic acids is 1. The molecule has 1 aromatic rings. The minimum atomic E-state index is -1.14. The van der Waals surface area contributed by atoms with Crippen molar-refractivity contribution in [2.75, 3.05) is 13.1 Å². The van der Waals surface area contributed by atoms with E-state index in [-0.39, 0.29) is 19.0 Å². The van der Waals surface area contributed by atoms with E-state index < -0.39 is 24.0 Å². The molecule has 0 aliphatic heterocycles. The van der Waals surface area contributed by atoms with Crippen molar-refractivity contribution in [1.29, 1.82) is 0 Å². The number of benzene rings is 1. The summed E-state index contributed by atoms with van der Waals surface area (Å²) in [5.41, 5.74) is 0.917. The molecule has 0 heterocycles. The molecule has 2 amide bonds. The van der Waals surface area contributed by atoms with Crippen LogP contribution in [0.1, 0.15) is 26.3 Å². The van der Waals surface area contributed by atoms with Gasteiger partial charge in [0, 0.05) is 20.0 Å². The summed E-state index contributed by atoms with van der Waals surface area (Å²) in [6, 6.07) is 4.13. The number of nitrogens with one attached hydrogen (secondary N) is 1. The van der Waals surface area contributed by atoms with Crippen molar-refractivity contribution >= 4 is 29.4 Å². The van der Waals surface area contributed by atoms with Gasteiger partial charge in [0.1, 0.15) is 11.8 Å². The number of aliphatic carboxylic acids is 1. The number of hydrogen-bond acceptors (Lipinski definition) is 4. The first-order valence-electron chi connectivity index (χ1n) is 7.84. The fraction of sp³-hybridized carbons (Fsp3) is 0.471. The van der Waals surface area contributed by atoms with Gasteiger partial charge in [-0.05, 0) is 38.5 Å². The minimum Gasteiger partial charge on any atom is -0.480 e. The standard InChI is InChI=1S/C17H23ClN2O5/c1-10-5-6-14(18)15(9-10)25-12(3)16(22)20(11(2)17(23)24)8-7-19-13(4)21/h5-6,9,11-12H,7-8H2,1-4H3,(H,19,21)(H,23,24). The van der Waals surface area contributed by atoms with Gasteiger partial charge in [-0.25, -0.2) is 4.79 Å². The molecule has 2 atom stereocenters. The third kappa shape index (κ3) is 6.26. The van der Waals surface area contributed by atoms with Crippen LogP contribution in [0.2, 0.25) is 5.02 Å². The van der Waals surface area contributed by atoms with Crippen LogP contribution in [0, 0.1) is 6.92 Å². The van der Waals surface area contributed by atoms with Crippen LogP contribution in [0.25, 0.3) is 0 Å². The third-order valence-corrected chi connectivity index (χ3v) is 3.89. The van der Waals surface area contributed by atoms with E-state index >= 15 is 0 Å². The van der Waals surface area contributed by atoms with Crippen LogP contribution in [0.15, 0.2) is 18.2 Å². The number of ether oxygens (including phenoxy) is 1. The second-order valence-corrected chi connectivity index (χ2v) is 6.13. The molecule has 0 fully saturated rings. The van der Waals surface area contributed by atoms with Crippen molar-refractivity contribution in [3.8, 4) is 5.75 Å². The first-order chi connectivity index (χ1) is 11.6. The first kappa shape index (κ1) is 20.8. The van der Waals surface area contributed by atoms with E-state index in [1.165, 1.54) is 20.8 Å². The van der Waals surface area contributed by atoms with E-state index in [0.29, 0.717) is 10.8 Å². The van der Waals surface area contributed by atoms with Gasteiger partial charge in [0.05, 0.1) is 5.02 Å². The maximum atomic E-state index is 12.6. The lowest BCUT2D eigenvalue weighted by Crippen LogP contribution is -2.51. The number of nitrogens with zero attached hydrogens (tertiary/aromatic N) is 1. The normalized spacial score (nSPS) is 12.8. The van der Waals surface area contributed by atoms with E-state index in [1.807, 2.05) is 13.0 Å². The van der Waals surface area contributed by atoms with Crippen LogP contribution in [0.5, 0.6) is 5.75 Å². The number of amides is 2. The summed E-state index contributed by atoms with van der Waals surface area (Å²) in [7, 11) is 0. The Morgan fingerprint density at radius 1 is 1.32 bits per heavy atom. The van der Waals surface area contributed by atoms with Gasteiger partial charge in [-0.15, -0.1) is 0 Å². The molecule has 1 aromatic carbocycles. The summed E-state index contributed by atoms with van der Waals surface area (Å²) in [6.45, 7) is 6.35.